The first-order valence-electron chi connectivity index (χ1n) is 13.2. The van der Waals surface area contributed by atoms with Crippen LogP contribution < -0.4 is 10.6 Å². The van der Waals surface area contributed by atoms with Crippen LogP contribution in [0.1, 0.15) is 55.1 Å². The summed E-state index contributed by atoms with van der Waals surface area (Å²) in [6.07, 6.45) is -0.910. The lowest BCUT2D eigenvalue weighted by atomic mass is 9.90. The first kappa shape index (κ1) is 29.7. The van der Waals surface area contributed by atoms with Crippen LogP contribution in [0.25, 0.3) is 0 Å². The Bertz CT molecular complexity index is 1050. The molecule has 1 heterocycles. The SMILES string of the molecule is CC(C)CNC(=O)[C@H](C)[C@@H](O)[C@H](O)[C@H](Cc1cc(F)cc(F)c1)NC(=O)c1ccc(CN2CCCC2)cc1. The number of nitrogens with one attached hydrogen (secondary N) is 2. The van der Waals surface area contributed by atoms with Crippen LogP contribution in [0.4, 0.5) is 8.78 Å². The molecule has 3 rings (SSSR count). The molecule has 0 bridgehead atoms. The third kappa shape index (κ3) is 8.58. The fourth-order valence-electron chi connectivity index (χ4n) is 4.61. The first-order valence-corrected chi connectivity index (χ1v) is 13.2. The van der Waals surface area contributed by atoms with Crippen LogP contribution >= 0.6 is 0 Å². The number of carbonyl (C=O) groups is 2. The molecule has 2 amide bonds. The molecular weight excluding hydrogens is 492 g/mol. The molecule has 9 heteroatoms. The maximum Gasteiger partial charge on any atom is 0.251 e. The molecule has 0 aliphatic carbocycles. The van der Waals surface area contributed by atoms with Crippen molar-refractivity contribution in [3.05, 3.63) is 70.8 Å². The van der Waals surface area contributed by atoms with E-state index in [1.165, 1.54) is 19.8 Å². The summed E-state index contributed by atoms with van der Waals surface area (Å²) < 4.78 is 27.7. The Morgan fingerprint density at radius 2 is 1.53 bits per heavy atom. The van der Waals surface area contributed by atoms with Gasteiger partial charge in [-0.25, -0.2) is 8.78 Å². The molecule has 38 heavy (non-hydrogen) atoms. The number of hydrogen-bond donors (Lipinski definition) is 4. The highest BCUT2D eigenvalue weighted by atomic mass is 19.1. The van der Waals surface area contributed by atoms with Gasteiger partial charge in [-0.1, -0.05) is 32.9 Å². The lowest BCUT2D eigenvalue weighted by Crippen LogP contribution is -2.53. The number of aliphatic hydroxyl groups is 2. The predicted molar refractivity (Wildman–Crippen MR) is 141 cm³/mol. The summed E-state index contributed by atoms with van der Waals surface area (Å²) in [5.74, 6) is -3.34. The lowest BCUT2D eigenvalue weighted by molar-refractivity contribution is -0.131. The van der Waals surface area contributed by atoms with Crippen molar-refractivity contribution < 1.29 is 28.6 Å². The Morgan fingerprint density at radius 1 is 0.921 bits per heavy atom. The van der Waals surface area contributed by atoms with E-state index in [-0.39, 0.29) is 17.9 Å². The van der Waals surface area contributed by atoms with Crippen molar-refractivity contribution in [3.8, 4) is 0 Å². The van der Waals surface area contributed by atoms with E-state index in [2.05, 4.69) is 15.5 Å². The summed E-state index contributed by atoms with van der Waals surface area (Å²) in [6, 6.07) is 8.93. The number of amides is 2. The normalized spacial score (nSPS) is 17.2. The Kier molecular flexibility index (Phi) is 10.8. The maximum absolute atomic E-state index is 13.8. The van der Waals surface area contributed by atoms with E-state index in [1.807, 2.05) is 26.0 Å². The van der Waals surface area contributed by atoms with E-state index < -0.39 is 47.6 Å². The predicted octanol–water partition coefficient (Wildman–Crippen LogP) is 3.03. The van der Waals surface area contributed by atoms with Gasteiger partial charge in [-0.05, 0) is 73.7 Å². The van der Waals surface area contributed by atoms with E-state index in [4.69, 9.17) is 0 Å². The van der Waals surface area contributed by atoms with E-state index in [0.29, 0.717) is 12.1 Å². The molecule has 1 saturated heterocycles. The summed E-state index contributed by atoms with van der Waals surface area (Å²) >= 11 is 0. The third-order valence-electron chi connectivity index (χ3n) is 6.89. The van der Waals surface area contributed by atoms with Crippen LogP contribution in [0.3, 0.4) is 0 Å². The zero-order valence-corrected chi connectivity index (χ0v) is 22.3. The minimum absolute atomic E-state index is 0.161. The molecule has 1 aliphatic heterocycles. The second kappa shape index (κ2) is 13.8. The summed E-state index contributed by atoms with van der Waals surface area (Å²) in [6.45, 7) is 8.65. The van der Waals surface area contributed by atoms with Crippen molar-refractivity contribution in [3.63, 3.8) is 0 Å². The van der Waals surface area contributed by atoms with Crippen molar-refractivity contribution in [1.29, 1.82) is 0 Å². The average Bonchev–Trinajstić information content (AvgIpc) is 3.38. The molecule has 2 aromatic carbocycles. The Hall–Kier alpha value is -2.88. The lowest BCUT2D eigenvalue weighted by Gasteiger charge is -2.31. The number of carbonyl (C=O) groups excluding carboxylic acids is 2. The molecule has 4 atom stereocenters. The summed E-state index contributed by atoms with van der Waals surface area (Å²) in [5, 5.41) is 27.3. The first-order chi connectivity index (χ1) is 18.0. The maximum atomic E-state index is 13.8. The highest BCUT2D eigenvalue weighted by Gasteiger charge is 2.34. The van der Waals surface area contributed by atoms with Gasteiger partial charge in [-0.2, -0.15) is 0 Å². The molecule has 1 fully saturated rings. The number of likely N-dealkylation sites (tertiary alicyclic amines) is 1. The quantitative estimate of drug-likeness (QED) is 0.337. The van der Waals surface area contributed by atoms with E-state index >= 15 is 0 Å². The molecule has 2 aromatic rings. The van der Waals surface area contributed by atoms with Crippen LogP contribution in [0.15, 0.2) is 42.5 Å². The molecule has 208 valence electrons. The van der Waals surface area contributed by atoms with Gasteiger partial charge < -0.3 is 20.8 Å². The molecule has 0 spiro atoms. The highest BCUT2D eigenvalue weighted by Crippen LogP contribution is 2.18. The zero-order valence-electron chi connectivity index (χ0n) is 22.3. The van der Waals surface area contributed by atoms with Crippen molar-refractivity contribution in [2.45, 2.75) is 64.8 Å². The van der Waals surface area contributed by atoms with Gasteiger partial charge >= 0.3 is 0 Å². The molecule has 4 N–H and O–H groups in total. The monoisotopic (exact) mass is 531 g/mol. The third-order valence-corrected chi connectivity index (χ3v) is 6.89. The second-order valence-corrected chi connectivity index (χ2v) is 10.7. The van der Waals surface area contributed by atoms with Crippen LogP contribution in [0.5, 0.6) is 0 Å². The van der Waals surface area contributed by atoms with Gasteiger partial charge in [0, 0.05) is 24.7 Å². The number of benzene rings is 2. The van der Waals surface area contributed by atoms with Gasteiger partial charge in [0.15, 0.2) is 0 Å². The molecule has 7 nitrogen and oxygen atoms in total. The van der Waals surface area contributed by atoms with E-state index in [0.717, 1.165) is 43.4 Å². The van der Waals surface area contributed by atoms with Crippen LogP contribution in [-0.4, -0.2) is 64.8 Å². The number of aliphatic hydroxyl groups excluding tert-OH is 2. The minimum Gasteiger partial charge on any atom is -0.390 e. The zero-order chi connectivity index (χ0) is 27.8. The van der Waals surface area contributed by atoms with Crippen molar-refractivity contribution >= 4 is 11.8 Å². The van der Waals surface area contributed by atoms with Gasteiger partial charge in [-0.3, -0.25) is 14.5 Å². The van der Waals surface area contributed by atoms with Crippen LogP contribution in [0.2, 0.25) is 0 Å². The smallest absolute Gasteiger partial charge is 0.251 e. The van der Waals surface area contributed by atoms with Crippen LogP contribution in [-0.2, 0) is 17.8 Å². The Labute approximate surface area is 223 Å². The molecule has 0 radical (unpaired) electrons. The van der Waals surface area contributed by atoms with Gasteiger partial charge in [0.1, 0.15) is 17.7 Å². The van der Waals surface area contributed by atoms with Crippen molar-refractivity contribution in [2.75, 3.05) is 19.6 Å². The molecule has 0 aromatic heterocycles. The second-order valence-electron chi connectivity index (χ2n) is 10.7. The molecule has 1 aliphatic rings. The standard InChI is InChI=1S/C29H39F2N3O4/c1-18(2)16-32-28(37)19(3)26(35)27(36)25(14-21-12-23(30)15-24(31)13-21)33-29(38)22-8-6-20(7-9-22)17-34-10-4-5-11-34/h6-9,12-13,15,18-19,25-27,35-36H,4-5,10-11,14,16-17H2,1-3H3,(H,32,37)(H,33,38)/t19-,25+,26-,27-/m1/s1. The van der Waals surface area contributed by atoms with Crippen LogP contribution in [0, 0.1) is 23.5 Å². The number of rotatable bonds is 12. The van der Waals surface area contributed by atoms with Crippen molar-refractivity contribution in [1.82, 2.24) is 15.5 Å². The summed E-state index contributed by atoms with van der Waals surface area (Å²) in [5.41, 5.74) is 1.61. The highest BCUT2D eigenvalue weighted by molar-refractivity contribution is 5.94. The summed E-state index contributed by atoms with van der Waals surface area (Å²) in [7, 11) is 0. The topological polar surface area (TPSA) is 102 Å². The van der Waals surface area contributed by atoms with E-state index in [1.54, 1.807) is 12.1 Å². The van der Waals surface area contributed by atoms with E-state index in [9.17, 15) is 28.6 Å². The fraction of sp³-hybridized carbons (Fsp3) is 0.517. The fourth-order valence-corrected chi connectivity index (χ4v) is 4.61. The van der Waals surface area contributed by atoms with Crippen molar-refractivity contribution in [2.24, 2.45) is 11.8 Å². The number of halogens is 2. The Morgan fingerprint density at radius 3 is 2.11 bits per heavy atom. The van der Waals surface area contributed by atoms with Gasteiger partial charge in [-0.15, -0.1) is 0 Å². The minimum atomic E-state index is -1.58. The average molecular weight is 532 g/mol. The molecule has 0 saturated carbocycles. The Balaban J connectivity index is 1.75. The number of nitrogens with zero attached hydrogens (tertiary/aromatic N) is 1. The molecule has 0 unspecified atom stereocenters. The largest absolute Gasteiger partial charge is 0.390 e. The van der Waals surface area contributed by atoms with Gasteiger partial charge in [0.25, 0.3) is 5.91 Å². The van der Waals surface area contributed by atoms with Gasteiger partial charge in [0.05, 0.1) is 18.1 Å². The van der Waals surface area contributed by atoms with Gasteiger partial charge in [0.2, 0.25) is 5.91 Å². The summed E-state index contributed by atoms with van der Waals surface area (Å²) in [4.78, 5) is 27.9. The number of hydrogen-bond acceptors (Lipinski definition) is 5. The molecular formula is C29H39F2N3O4.